The van der Waals surface area contributed by atoms with E-state index in [1.54, 1.807) is 49.0 Å². The molecule has 3 aromatic heterocycles. The number of fused-ring (bicyclic) bond motifs is 3. The van der Waals surface area contributed by atoms with Crippen molar-refractivity contribution >= 4 is 17.2 Å². The second-order valence-electron chi connectivity index (χ2n) is 8.74. The molecule has 0 amide bonds. The summed E-state index contributed by atoms with van der Waals surface area (Å²) in [4.78, 5) is 13.3. The molecule has 4 aromatic rings. The van der Waals surface area contributed by atoms with Gasteiger partial charge in [-0.2, -0.15) is 8.78 Å². The molecule has 7 nitrogen and oxygen atoms in total. The smallest absolute Gasteiger partial charge is 0.387 e. The number of ether oxygens (including phenoxy) is 1. The second kappa shape index (κ2) is 8.26. The zero-order valence-corrected chi connectivity index (χ0v) is 19.0. The van der Waals surface area contributed by atoms with Crippen molar-refractivity contribution in [1.82, 2.24) is 19.4 Å². The molecule has 176 valence electrons. The molecule has 0 fully saturated rings. The quantitative estimate of drug-likeness (QED) is 0.419. The molecule has 2 N–H and O–H groups in total. The van der Waals surface area contributed by atoms with E-state index in [1.807, 2.05) is 6.07 Å². The number of benzene rings is 1. The number of imidazole rings is 1. The molecule has 3 heterocycles. The van der Waals surface area contributed by atoms with Gasteiger partial charge in [0.2, 0.25) is 0 Å². The highest BCUT2D eigenvalue weighted by Crippen LogP contribution is 2.47. The summed E-state index contributed by atoms with van der Waals surface area (Å²) in [6.07, 6.45) is 4.34. The minimum Gasteiger partial charge on any atom is -0.435 e. The highest BCUT2D eigenvalue weighted by atomic mass is 35.5. The van der Waals surface area contributed by atoms with Gasteiger partial charge in [0.1, 0.15) is 11.4 Å². The van der Waals surface area contributed by atoms with Gasteiger partial charge in [0.25, 0.3) is 0 Å². The highest BCUT2D eigenvalue weighted by Gasteiger charge is 2.37. The normalized spacial score (nSPS) is 18.0. The van der Waals surface area contributed by atoms with Crippen LogP contribution in [-0.4, -0.2) is 36.2 Å². The van der Waals surface area contributed by atoms with E-state index in [4.69, 9.17) is 16.3 Å². The van der Waals surface area contributed by atoms with Crippen molar-refractivity contribution in [3.8, 4) is 17.0 Å². The lowest BCUT2D eigenvalue weighted by molar-refractivity contribution is -0.0506. The highest BCUT2D eigenvalue weighted by molar-refractivity contribution is 6.30. The Labute approximate surface area is 198 Å². The van der Waals surface area contributed by atoms with Crippen molar-refractivity contribution < 1.29 is 23.7 Å². The Bertz CT molecular complexity index is 1370. The van der Waals surface area contributed by atoms with Crippen LogP contribution < -0.4 is 4.74 Å². The van der Waals surface area contributed by atoms with E-state index in [9.17, 15) is 19.0 Å². The summed E-state index contributed by atoms with van der Waals surface area (Å²) in [5, 5.41) is 21.2. The third-order valence-electron chi connectivity index (χ3n) is 5.93. The van der Waals surface area contributed by atoms with Gasteiger partial charge in [0, 0.05) is 34.5 Å². The molecule has 1 aliphatic carbocycles. The molecule has 0 saturated heterocycles. The third kappa shape index (κ3) is 4.00. The summed E-state index contributed by atoms with van der Waals surface area (Å²) in [6.45, 7) is 0.311. The first-order valence-corrected chi connectivity index (χ1v) is 11.0. The first kappa shape index (κ1) is 22.6. The van der Waals surface area contributed by atoms with Gasteiger partial charge in [-0.05, 0) is 50.6 Å². The van der Waals surface area contributed by atoms with Crippen molar-refractivity contribution in [1.29, 1.82) is 0 Å². The fraction of sp³-hybridized carbons (Fsp3) is 0.292. The Kier molecular flexibility index (Phi) is 5.50. The van der Waals surface area contributed by atoms with Gasteiger partial charge in [-0.15, -0.1) is 0 Å². The number of hydrogen-bond donors (Lipinski definition) is 2. The first-order valence-electron chi connectivity index (χ1n) is 10.6. The number of hydrogen-bond acceptors (Lipinski definition) is 6. The average Bonchev–Trinajstić information content (AvgIpc) is 3.31. The largest absolute Gasteiger partial charge is 0.435 e. The van der Waals surface area contributed by atoms with E-state index in [2.05, 4.69) is 15.0 Å². The van der Waals surface area contributed by atoms with Crippen LogP contribution in [0.5, 0.6) is 5.75 Å². The van der Waals surface area contributed by atoms with E-state index in [-0.39, 0.29) is 12.2 Å². The van der Waals surface area contributed by atoms with Crippen LogP contribution in [0, 0.1) is 0 Å². The maximum Gasteiger partial charge on any atom is 0.387 e. The second-order valence-corrected chi connectivity index (χ2v) is 9.18. The van der Waals surface area contributed by atoms with E-state index < -0.39 is 24.2 Å². The number of aliphatic hydroxyl groups excluding tert-OH is 1. The van der Waals surface area contributed by atoms with Crippen LogP contribution in [-0.2, 0) is 5.60 Å². The van der Waals surface area contributed by atoms with Gasteiger partial charge in [0.05, 0.1) is 35.1 Å². The van der Waals surface area contributed by atoms with E-state index in [1.165, 1.54) is 12.1 Å². The van der Waals surface area contributed by atoms with E-state index >= 15 is 0 Å². The predicted octanol–water partition coefficient (Wildman–Crippen LogP) is 4.84. The van der Waals surface area contributed by atoms with Crippen molar-refractivity contribution in [3.63, 3.8) is 0 Å². The van der Waals surface area contributed by atoms with Crippen molar-refractivity contribution in [2.24, 2.45) is 0 Å². The molecule has 2 atom stereocenters. The molecule has 0 spiro atoms. The minimum atomic E-state index is -3.00. The number of halogens is 3. The lowest BCUT2D eigenvalue weighted by Crippen LogP contribution is -2.17. The standard InChI is InChI=1S/C24H21ClF2N4O3/c1-24(2,33)19-6-3-12(9-29-19)16-11-31-20(10-28-16)30-21-17(32)8-15(22(21)31)14-7-13(25)4-5-18(14)34-23(26)27/h3-7,9-11,15,17,23,32-33H,8H2,1-2H3/t15-,17-/m0/s1. The van der Waals surface area contributed by atoms with Crippen molar-refractivity contribution in [2.75, 3.05) is 0 Å². The Morgan fingerprint density at radius 2 is 1.97 bits per heavy atom. The van der Waals surface area contributed by atoms with Gasteiger partial charge >= 0.3 is 6.61 Å². The van der Waals surface area contributed by atoms with Crippen LogP contribution in [0.15, 0.2) is 48.9 Å². The number of aliphatic hydroxyl groups is 2. The molecule has 0 aliphatic heterocycles. The van der Waals surface area contributed by atoms with Crippen LogP contribution >= 0.6 is 11.6 Å². The lowest BCUT2D eigenvalue weighted by Gasteiger charge is -2.18. The Hall–Kier alpha value is -3.14. The maximum atomic E-state index is 13.0. The molecule has 0 bridgehead atoms. The fourth-order valence-corrected chi connectivity index (χ4v) is 4.54. The molecular weight excluding hydrogens is 466 g/mol. The molecule has 10 heteroatoms. The summed E-state index contributed by atoms with van der Waals surface area (Å²) < 4.78 is 32.6. The molecule has 0 saturated carbocycles. The van der Waals surface area contributed by atoms with Gasteiger partial charge in [-0.1, -0.05) is 11.6 Å². The summed E-state index contributed by atoms with van der Waals surface area (Å²) in [5.41, 5.74) is 2.85. The maximum absolute atomic E-state index is 13.0. The molecule has 0 unspecified atom stereocenters. The average molecular weight is 487 g/mol. The van der Waals surface area contributed by atoms with Gasteiger partial charge < -0.3 is 14.9 Å². The molecule has 5 rings (SSSR count). The zero-order chi connectivity index (χ0) is 24.2. The van der Waals surface area contributed by atoms with E-state index in [0.717, 1.165) is 5.56 Å². The number of rotatable bonds is 5. The zero-order valence-electron chi connectivity index (χ0n) is 18.3. The van der Waals surface area contributed by atoms with Gasteiger partial charge in [-0.3, -0.25) is 14.4 Å². The lowest BCUT2D eigenvalue weighted by atomic mass is 9.95. The molecular formula is C24H21ClF2N4O3. The van der Waals surface area contributed by atoms with Crippen LogP contribution in [0.2, 0.25) is 5.02 Å². The predicted molar refractivity (Wildman–Crippen MR) is 121 cm³/mol. The Morgan fingerprint density at radius 3 is 2.65 bits per heavy atom. The third-order valence-corrected chi connectivity index (χ3v) is 6.16. The number of pyridine rings is 1. The van der Waals surface area contributed by atoms with Gasteiger partial charge in [-0.25, -0.2) is 4.98 Å². The number of nitrogens with zero attached hydrogens (tertiary/aromatic N) is 4. The number of aromatic nitrogens is 4. The minimum absolute atomic E-state index is 0.0000801. The van der Waals surface area contributed by atoms with E-state index in [0.29, 0.717) is 39.0 Å². The van der Waals surface area contributed by atoms with Crippen LogP contribution in [0.4, 0.5) is 8.78 Å². The Morgan fingerprint density at radius 1 is 1.18 bits per heavy atom. The van der Waals surface area contributed by atoms with Crippen LogP contribution in [0.1, 0.15) is 54.9 Å². The molecule has 1 aliphatic rings. The van der Waals surface area contributed by atoms with Crippen molar-refractivity contribution in [3.05, 3.63) is 76.6 Å². The number of alkyl halides is 2. The van der Waals surface area contributed by atoms with Gasteiger partial charge in [0.15, 0.2) is 5.65 Å². The van der Waals surface area contributed by atoms with Crippen LogP contribution in [0.3, 0.4) is 0 Å². The summed E-state index contributed by atoms with van der Waals surface area (Å²) in [7, 11) is 0. The van der Waals surface area contributed by atoms with Crippen molar-refractivity contribution in [2.45, 2.75) is 44.5 Å². The summed E-state index contributed by atoms with van der Waals surface area (Å²) in [5.74, 6) is -0.474. The first-order chi connectivity index (χ1) is 16.1. The monoisotopic (exact) mass is 486 g/mol. The summed E-state index contributed by atoms with van der Waals surface area (Å²) >= 11 is 6.17. The molecule has 1 aromatic carbocycles. The molecule has 34 heavy (non-hydrogen) atoms. The Balaban J connectivity index is 1.62. The summed E-state index contributed by atoms with van der Waals surface area (Å²) in [6, 6.07) is 8.00. The SMILES string of the molecule is CC(C)(O)c1ccc(-c2cn3c4c(nc3cn2)[C@@H](O)C[C@H]4c2cc(Cl)ccc2OC(F)F)cn1. The molecule has 0 radical (unpaired) electrons. The topological polar surface area (TPSA) is 92.8 Å². The fourth-order valence-electron chi connectivity index (χ4n) is 4.35. The van der Waals surface area contributed by atoms with Crippen LogP contribution in [0.25, 0.3) is 16.9 Å².